The predicted octanol–water partition coefficient (Wildman–Crippen LogP) is 2.20. The first kappa shape index (κ1) is 8.30. The summed E-state index contributed by atoms with van der Waals surface area (Å²) in [6.07, 6.45) is 2.73. The fraction of sp³-hybridized carbons (Fsp3) is 0.364. The van der Waals surface area contributed by atoms with Gasteiger partial charge in [0.1, 0.15) is 5.75 Å². The number of nitrogens with one attached hydrogen (secondary N) is 1. The van der Waals surface area contributed by atoms with E-state index in [1.807, 2.05) is 12.1 Å². The highest BCUT2D eigenvalue weighted by molar-refractivity contribution is 5.85. The summed E-state index contributed by atoms with van der Waals surface area (Å²) in [7, 11) is 1.68. The number of methoxy groups -OCH3 is 1. The zero-order chi connectivity index (χ0) is 9.26. The van der Waals surface area contributed by atoms with Crippen LogP contribution in [0, 0.1) is 5.41 Å². The Balaban J connectivity index is 2.38. The summed E-state index contributed by atoms with van der Waals surface area (Å²) in [4.78, 5) is 0. The highest BCUT2D eigenvalue weighted by atomic mass is 16.5. The van der Waals surface area contributed by atoms with Gasteiger partial charge in [0.2, 0.25) is 0 Å². The molecule has 1 aliphatic rings. The molecule has 1 aromatic rings. The van der Waals surface area contributed by atoms with E-state index >= 15 is 0 Å². The van der Waals surface area contributed by atoms with Gasteiger partial charge in [-0.25, -0.2) is 0 Å². The third-order valence-electron chi connectivity index (χ3n) is 2.51. The van der Waals surface area contributed by atoms with Crippen LogP contribution in [0.1, 0.15) is 17.5 Å². The minimum Gasteiger partial charge on any atom is -0.497 e. The van der Waals surface area contributed by atoms with E-state index in [4.69, 9.17) is 10.1 Å². The third kappa shape index (κ3) is 1.57. The van der Waals surface area contributed by atoms with Crippen LogP contribution in [0.25, 0.3) is 0 Å². The fourth-order valence-corrected chi connectivity index (χ4v) is 1.74. The van der Waals surface area contributed by atoms with E-state index in [-0.39, 0.29) is 0 Å². The van der Waals surface area contributed by atoms with Crippen LogP contribution in [0.4, 0.5) is 0 Å². The van der Waals surface area contributed by atoms with E-state index in [0.29, 0.717) is 0 Å². The van der Waals surface area contributed by atoms with E-state index in [2.05, 4.69) is 6.07 Å². The first-order valence-electron chi connectivity index (χ1n) is 4.51. The maximum absolute atomic E-state index is 7.61. The Labute approximate surface area is 78.0 Å². The molecule has 0 bridgehead atoms. The number of fused-ring (bicyclic) bond motifs is 1. The highest BCUT2D eigenvalue weighted by Crippen LogP contribution is 2.23. The van der Waals surface area contributed by atoms with Crippen molar-refractivity contribution in [3.05, 3.63) is 29.3 Å². The van der Waals surface area contributed by atoms with Crippen molar-refractivity contribution in [2.24, 2.45) is 0 Å². The molecule has 0 aliphatic heterocycles. The molecule has 1 aliphatic carbocycles. The topological polar surface area (TPSA) is 33.1 Å². The molecule has 1 N–H and O–H groups in total. The molecule has 68 valence electrons. The van der Waals surface area contributed by atoms with Gasteiger partial charge in [0.05, 0.1) is 7.11 Å². The van der Waals surface area contributed by atoms with Gasteiger partial charge < -0.3 is 10.1 Å². The fourth-order valence-electron chi connectivity index (χ4n) is 1.74. The van der Waals surface area contributed by atoms with E-state index < -0.39 is 0 Å². The van der Waals surface area contributed by atoms with Crippen LogP contribution < -0.4 is 4.74 Å². The van der Waals surface area contributed by atoms with Crippen LogP contribution in [0.3, 0.4) is 0 Å². The first-order valence-corrected chi connectivity index (χ1v) is 4.51. The Morgan fingerprint density at radius 3 is 2.85 bits per heavy atom. The number of ether oxygens (including phenoxy) is 1. The van der Waals surface area contributed by atoms with Crippen LogP contribution in [-0.4, -0.2) is 12.8 Å². The smallest absolute Gasteiger partial charge is 0.119 e. The number of hydrogen-bond acceptors (Lipinski definition) is 2. The van der Waals surface area contributed by atoms with Crippen LogP contribution in [-0.2, 0) is 12.8 Å². The monoisotopic (exact) mass is 175 g/mol. The Morgan fingerprint density at radius 2 is 2.08 bits per heavy atom. The van der Waals surface area contributed by atoms with Crippen molar-refractivity contribution in [2.45, 2.75) is 19.3 Å². The molecule has 2 heteroatoms. The molecule has 2 rings (SSSR count). The van der Waals surface area contributed by atoms with E-state index in [9.17, 15) is 0 Å². The summed E-state index contributed by atoms with van der Waals surface area (Å²) in [5.41, 5.74) is 3.47. The van der Waals surface area contributed by atoms with Gasteiger partial charge in [0, 0.05) is 12.1 Å². The standard InChI is InChI=1S/C11H13NO/c1-13-11-5-3-8-2-4-10(12)6-9(8)7-11/h3,5,7,12H,2,4,6H2,1H3. The van der Waals surface area contributed by atoms with Crippen LogP contribution in [0.15, 0.2) is 18.2 Å². The van der Waals surface area contributed by atoms with Crippen molar-refractivity contribution >= 4 is 5.71 Å². The van der Waals surface area contributed by atoms with Gasteiger partial charge in [-0.3, -0.25) is 0 Å². The lowest BCUT2D eigenvalue weighted by molar-refractivity contribution is 0.414. The highest BCUT2D eigenvalue weighted by Gasteiger charge is 2.12. The largest absolute Gasteiger partial charge is 0.497 e. The summed E-state index contributed by atoms with van der Waals surface area (Å²) in [5, 5.41) is 7.61. The first-order chi connectivity index (χ1) is 6.29. The Bertz CT molecular complexity index is 344. The summed E-state index contributed by atoms with van der Waals surface area (Å²) in [6.45, 7) is 0. The minimum atomic E-state index is 0.798. The quantitative estimate of drug-likeness (QED) is 0.697. The van der Waals surface area contributed by atoms with Crippen molar-refractivity contribution in [3.63, 3.8) is 0 Å². The molecule has 0 saturated heterocycles. The summed E-state index contributed by atoms with van der Waals surface area (Å²) >= 11 is 0. The zero-order valence-electron chi connectivity index (χ0n) is 7.76. The molecule has 13 heavy (non-hydrogen) atoms. The molecule has 1 aromatic carbocycles. The molecule has 0 aromatic heterocycles. The maximum Gasteiger partial charge on any atom is 0.119 e. The van der Waals surface area contributed by atoms with Gasteiger partial charge >= 0.3 is 0 Å². The van der Waals surface area contributed by atoms with Crippen LogP contribution in [0.2, 0.25) is 0 Å². The lowest BCUT2D eigenvalue weighted by atomic mass is 9.90. The molecule has 0 unspecified atom stereocenters. The van der Waals surface area contributed by atoms with Crippen molar-refractivity contribution in [2.75, 3.05) is 7.11 Å². The Hall–Kier alpha value is -1.31. The molecule has 0 fully saturated rings. The third-order valence-corrected chi connectivity index (χ3v) is 2.51. The average Bonchev–Trinajstić information content (AvgIpc) is 2.16. The zero-order valence-corrected chi connectivity index (χ0v) is 7.76. The summed E-state index contributed by atoms with van der Waals surface area (Å²) in [6, 6.07) is 6.15. The van der Waals surface area contributed by atoms with Crippen molar-refractivity contribution in [3.8, 4) is 5.75 Å². The van der Waals surface area contributed by atoms with Crippen molar-refractivity contribution in [1.82, 2.24) is 0 Å². The molecule has 0 radical (unpaired) electrons. The predicted molar refractivity (Wildman–Crippen MR) is 52.7 cm³/mol. The molecular weight excluding hydrogens is 162 g/mol. The number of hydrogen-bond donors (Lipinski definition) is 1. The molecule has 0 atom stereocenters. The summed E-state index contributed by atoms with van der Waals surface area (Å²) < 4.78 is 5.15. The molecule has 0 saturated carbocycles. The number of benzene rings is 1. The Kier molecular flexibility index (Phi) is 2.05. The van der Waals surface area contributed by atoms with Gasteiger partial charge in [-0.15, -0.1) is 0 Å². The van der Waals surface area contributed by atoms with Gasteiger partial charge in [0.25, 0.3) is 0 Å². The van der Waals surface area contributed by atoms with E-state index in [0.717, 1.165) is 30.7 Å². The Morgan fingerprint density at radius 1 is 1.23 bits per heavy atom. The van der Waals surface area contributed by atoms with Crippen molar-refractivity contribution in [1.29, 1.82) is 5.41 Å². The number of rotatable bonds is 1. The second kappa shape index (κ2) is 3.21. The van der Waals surface area contributed by atoms with Gasteiger partial charge in [0.15, 0.2) is 0 Å². The maximum atomic E-state index is 7.61. The lowest BCUT2D eigenvalue weighted by Gasteiger charge is -2.17. The van der Waals surface area contributed by atoms with Crippen LogP contribution >= 0.6 is 0 Å². The second-order valence-corrected chi connectivity index (χ2v) is 3.41. The van der Waals surface area contributed by atoms with Crippen LogP contribution in [0.5, 0.6) is 5.75 Å². The number of aryl methyl sites for hydroxylation is 1. The molecule has 0 spiro atoms. The second-order valence-electron chi connectivity index (χ2n) is 3.41. The molecule has 0 amide bonds. The minimum absolute atomic E-state index is 0.798. The molecular formula is C11H13NO. The van der Waals surface area contributed by atoms with Gasteiger partial charge in [-0.2, -0.15) is 0 Å². The summed E-state index contributed by atoms with van der Waals surface area (Å²) in [5.74, 6) is 0.897. The lowest BCUT2D eigenvalue weighted by Crippen LogP contribution is -2.12. The van der Waals surface area contributed by atoms with Gasteiger partial charge in [-0.1, -0.05) is 6.07 Å². The van der Waals surface area contributed by atoms with E-state index in [1.165, 1.54) is 11.1 Å². The SMILES string of the molecule is COc1ccc2c(c1)CC(=N)CC2. The van der Waals surface area contributed by atoms with E-state index in [1.54, 1.807) is 7.11 Å². The normalized spacial score (nSPS) is 15.3. The average molecular weight is 175 g/mol. The molecule has 0 heterocycles. The van der Waals surface area contributed by atoms with Gasteiger partial charge in [-0.05, 0) is 36.1 Å². The molecule has 2 nitrogen and oxygen atoms in total. The van der Waals surface area contributed by atoms with Crippen molar-refractivity contribution < 1.29 is 4.74 Å².